The van der Waals surface area contributed by atoms with Gasteiger partial charge in [-0.2, -0.15) is 5.10 Å². The molecule has 6 heteroatoms. The summed E-state index contributed by atoms with van der Waals surface area (Å²) in [5.41, 5.74) is 0.465. The first-order chi connectivity index (χ1) is 10.3. The van der Waals surface area contributed by atoms with Crippen LogP contribution in [-0.4, -0.2) is 26.9 Å². The van der Waals surface area contributed by atoms with E-state index in [2.05, 4.69) is 5.10 Å². The average molecular weight is 283 g/mol. The van der Waals surface area contributed by atoms with Gasteiger partial charge in [0.2, 0.25) is 0 Å². The Morgan fingerprint density at radius 3 is 2.95 bits per heavy atom. The summed E-state index contributed by atoms with van der Waals surface area (Å²) in [6.45, 7) is 0.864. The maximum absolute atomic E-state index is 12.3. The van der Waals surface area contributed by atoms with E-state index in [1.54, 1.807) is 33.7 Å². The van der Waals surface area contributed by atoms with Crippen molar-refractivity contribution in [3.05, 3.63) is 59.3 Å². The molecule has 6 nitrogen and oxygen atoms in total. The van der Waals surface area contributed by atoms with E-state index >= 15 is 0 Å². The van der Waals surface area contributed by atoms with Gasteiger partial charge in [0.25, 0.3) is 5.56 Å². The van der Waals surface area contributed by atoms with Crippen LogP contribution in [0.15, 0.2) is 53.7 Å². The first kappa shape index (κ1) is 12.0. The highest BCUT2D eigenvalue weighted by atomic mass is 16.6. The predicted molar refractivity (Wildman–Crippen MR) is 75.8 cm³/mol. The summed E-state index contributed by atoms with van der Waals surface area (Å²) in [5, 5.41) is 4.04. The third-order valence-corrected chi connectivity index (χ3v) is 3.51. The number of rotatable bonds is 2. The fourth-order valence-electron chi connectivity index (χ4n) is 2.48. The van der Waals surface area contributed by atoms with Gasteiger partial charge in [0, 0.05) is 12.4 Å². The zero-order valence-corrected chi connectivity index (χ0v) is 11.2. The number of ether oxygens (including phenoxy) is 2. The van der Waals surface area contributed by atoms with E-state index in [1.165, 1.54) is 0 Å². The highest BCUT2D eigenvalue weighted by Gasteiger charge is 2.21. The van der Waals surface area contributed by atoms with Gasteiger partial charge in [-0.15, -0.1) is 0 Å². The highest BCUT2D eigenvalue weighted by Crippen LogP contribution is 2.31. The van der Waals surface area contributed by atoms with Crippen LogP contribution < -0.4 is 15.0 Å². The lowest BCUT2D eigenvalue weighted by Gasteiger charge is -2.26. The molecular weight excluding hydrogens is 270 g/mol. The van der Waals surface area contributed by atoms with Gasteiger partial charge in [-0.05, 0) is 18.2 Å². The Morgan fingerprint density at radius 1 is 1.19 bits per heavy atom. The van der Waals surface area contributed by atoms with Crippen molar-refractivity contribution >= 4 is 5.52 Å². The molecule has 4 rings (SSSR count). The number of benzene rings is 1. The van der Waals surface area contributed by atoms with Crippen LogP contribution in [0.5, 0.6) is 11.5 Å². The van der Waals surface area contributed by atoms with Crippen LogP contribution in [0.2, 0.25) is 0 Å². The molecule has 2 aromatic heterocycles. The number of hydrogen-bond donors (Lipinski definition) is 0. The molecular formula is C15H13N3O3. The monoisotopic (exact) mass is 283 g/mol. The Kier molecular flexibility index (Phi) is 2.67. The van der Waals surface area contributed by atoms with E-state index in [0.29, 0.717) is 24.4 Å². The Morgan fingerprint density at radius 2 is 2.05 bits per heavy atom. The molecule has 3 aromatic rings. The van der Waals surface area contributed by atoms with Crippen LogP contribution in [0.1, 0.15) is 0 Å². The molecule has 0 amide bonds. The average Bonchev–Trinajstić information content (AvgIpc) is 2.99. The molecule has 0 bridgehead atoms. The second-order valence-corrected chi connectivity index (χ2v) is 4.91. The van der Waals surface area contributed by atoms with Crippen molar-refractivity contribution in [2.45, 2.75) is 12.6 Å². The minimum atomic E-state index is -0.192. The molecule has 21 heavy (non-hydrogen) atoms. The van der Waals surface area contributed by atoms with E-state index in [4.69, 9.17) is 9.47 Å². The third-order valence-electron chi connectivity index (χ3n) is 3.51. The van der Waals surface area contributed by atoms with Crippen molar-refractivity contribution in [2.75, 3.05) is 6.61 Å². The van der Waals surface area contributed by atoms with Crippen molar-refractivity contribution < 1.29 is 9.47 Å². The molecule has 3 heterocycles. The Balaban J connectivity index is 1.61. The maximum atomic E-state index is 12.3. The number of nitrogens with zero attached hydrogens (tertiary/aromatic N) is 3. The first-order valence-electron chi connectivity index (χ1n) is 6.72. The molecule has 0 saturated heterocycles. The van der Waals surface area contributed by atoms with Gasteiger partial charge in [-0.1, -0.05) is 12.1 Å². The molecule has 0 spiro atoms. The fraction of sp³-hybridized carbons (Fsp3) is 0.200. The maximum Gasteiger partial charge on any atom is 0.276 e. The van der Waals surface area contributed by atoms with Crippen molar-refractivity contribution in [1.82, 2.24) is 14.2 Å². The van der Waals surface area contributed by atoms with Crippen molar-refractivity contribution in [1.29, 1.82) is 0 Å². The lowest BCUT2D eigenvalue weighted by atomic mass is 10.2. The lowest BCUT2D eigenvalue weighted by Crippen LogP contribution is -2.36. The number of hydrogen-bond acceptors (Lipinski definition) is 4. The summed E-state index contributed by atoms with van der Waals surface area (Å²) in [6.07, 6.45) is 4.89. The molecule has 0 fully saturated rings. The Bertz CT molecular complexity index is 852. The molecule has 0 radical (unpaired) electrons. The third kappa shape index (κ3) is 2.05. The molecule has 1 atom stereocenters. The van der Waals surface area contributed by atoms with Crippen LogP contribution in [0, 0.1) is 0 Å². The standard InChI is InChI=1S/C15H13N3O3/c19-15-12-5-6-16-18(12)8-7-17(15)9-11-10-20-13-3-1-2-4-14(13)21-11/h1-8,11H,9-10H2. The van der Waals surface area contributed by atoms with E-state index in [-0.39, 0.29) is 11.7 Å². The summed E-state index contributed by atoms with van der Waals surface area (Å²) >= 11 is 0. The van der Waals surface area contributed by atoms with Crippen LogP contribution >= 0.6 is 0 Å². The Hall–Kier alpha value is -2.76. The summed E-state index contributed by atoms with van der Waals surface area (Å²) < 4.78 is 14.7. The van der Waals surface area contributed by atoms with Crippen molar-refractivity contribution in [3.63, 3.8) is 0 Å². The molecule has 0 aliphatic carbocycles. The summed E-state index contributed by atoms with van der Waals surface area (Å²) in [7, 11) is 0. The number of fused-ring (bicyclic) bond motifs is 2. The summed E-state index contributed by atoms with van der Waals surface area (Å²) in [6, 6.07) is 9.24. The smallest absolute Gasteiger partial charge is 0.276 e. The molecule has 1 aromatic carbocycles. The largest absolute Gasteiger partial charge is 0.486 e. The van der Waals surface area contributed by atoms with Gasteiger partial charge in [0.15, 0.2) is 17.6 Å². The quantitative estimate of drug-likeness (QED) is 0.712. The van der Waals surface area contributed by atoms with E-state index < -0.39 is 0 Å². The van der Waals surface area contributed by atoms with Gasteiger partial charge >= 0.3 is 0 Å². The van der Waals surface area contributed by atoms with Crippen molar-refractivity contribution in [3.8, 4) is 11.5 Å². The van der Waals surface area contributed by atoms with Crippen LogP contribution in [0.4, 0.5) is 0 Å². The number of aromatic nitrogens is 3. The zero-order chi connectivity index (χ0) is 14.2. The second kappa shape index (κ2) is 4.66. The Labute approximate surface area is 120 Å². The van der Waals surface area contributed by atoms with E-state index in [0.717, 1.165) is 5.75 Å². The summed E-state index contributed by atoms with van der Waals surface area (Å²) in [5.74, 6) is 1.46. The highest BCUT2D eigenvalue weighted by molar-refractivity contribution is 5.42. The molecule has 1 aliphatic heterocycles. The van der Waals surface area contributed by atoms with Crippen LogP contribution in [0.3, 0.4) is 0 Å². The van der Waals surface area contributed by atoms with E-state index in [1.807, 2.05) is 24.3 Å². The van der Waals surface area contributed by atoms with Gasteiger partial charge < -0.3 is 14.0 Å². The van der Waals surface area contributed by atoms with E-state index in [9.17, 15) is 4.79 Å². The minimum Gasteiger partial charge on any atom is -0.486 e. The van der Waals surface area contributed by atoms with Gasteiger partial charge in [-0.25, -0.2) is 4.52 Å². The fourth-order valence-corrected chi connectivity index (χ4v) is 2.48. The minimum absolute atomic E-state index is 0.0857. The number of para-hydroxylation sites is 2. The predicted octanol–water partition coefficient (Wildman–Crippen LogP) is 1.34. The van der Waals surface area contributed by atoms with Gasteiger partial charge in [-0.3, -0.25) is 4.79 Å². The molecule has 1 unspecified atom stereocenters. The van der Waals surface area contributed by atoms with Crippen molar-refractivity contribution in [2.24, 2.45) is 0 Å². The lowest BCUT2D eigenvalue weighted by molar-refractivity contribution is 0.0778. The van der Waals surface area contributed by atoms with Crippen LogP contribution in [0.25, 0.3) is 5.52 Å². The molecule has 0 saturated carbocycles. The topological polar surface area (TPSA) is 57.8 Å². The molecule has 0 N–H and O–H groups in total. The SMILES string of the molecule is O=c1c2ccnn2ccn1CC1COc2ccccc2O1. The zero-order valence-electron chi connectivity index (χ0n) is 11.2. The van der Waals surface area contributed by atoms with Gasteiger partial charge in [0.05, 0.1) is 12.7 Å². The summed E-state index contributed by atoms with van der Waals surface area (Å²) in [4.78, 5) is 12.3. The molecule has 106 valence electrons. The van der Waals surface area contributed by atoms with Gasteiger partial charge in [0.1, 0.15) is 12.1 Å². The molecule has 1 aliphatic rings. The second-order valence-electron chi connectivity index (χ2n) is 4.91. The normalized spacial score (nSPS) is 17.0. The van der Waals surface area contributed by atoms with Crippen LogP contribution in [-0.2, 0) is 6.54 Å². The first-order valence-corrected chi connectivity index (χ1v) is 6.72.